The van der Waals surface area contributed by atoms with Gasteiger partial charge >= 0.3 is 0 Å². The van der Waals surface area contributed by atoms with Crippen LogP contribution < -0.4 is 9.64 Å². The van der Waals surface area contributed by atoms with Gasteiger partial charge in [0.1, 0.15) is 5.75 Å². The van der Waals surface area contributed by atoms with E-state index < -0.39 is 15.7 Å². The molecule has 2 aliphatic heterocycles. The molecule has 2 saturated heterocycles. The number of rotatable bonds is 5. The Balaban J connectivity index is 1.61. The predicted octanol–water partition coefficient (Wildman–Crippen LogP) is 4.14. The maximum absolute atomic E-state index is 12.6. The number of hydrogen-bond acceptors (Lipinski definition) is 5. The van der Waals surface area contributed by atoms with Crippen molar-refractivity contribution in [3.05, 3.63) is 59.1 Å². The zero-order chi connectivity index (χ0) is 22.2. The highest BCUT2D eigenvalue weighted by Crippen LogP contribution is 2.43. The lowest BCUT2D eigenvalue weighted by atomic mass is 9.99. The lowest BCUT2D eigenvalue weighted by molar-refractivity contribution is -0.119. The molecule has 2 fully saturated rings. The molecule has 0 bridgehead atoms. The van der Waals surface area contributed by atoms with Crippen molar-refractivity contribution in [1.82, 2.24) is 0 Å². The molecular formula is C22H23ClN2O4S2. The molecule has 0 aliphatic carbocycles. The number of aliphatic imine (C=N–C) groups is 1. The molecular weight excluding hydrogens is 456 g/mol. The van der Waals surface area contributed by atoms with Gasteiger partial charge < -0.3 is 9.64 Å². The van der Waals surface area contributed by atoms with Crippen LogP contribution in [-0.4, -0.2) is 48.9 Å². The van der Waals surface area contributed by atoms with Gasteiger partial charge in [-0.25, -0.2) is 8.42 Å². The number of sulfone groups is 1. The third kappa shape index (κ3) is 4.91. The number of ether oxygens (including phenoxy) is 1. The largest absolute Gasteiger partial charge is 0.484 e. The van der Waals surface area contributed by atoms with Crippen LogP contribution >= 0.6 is 23.4 Å². The molecule has 0 unspecified atom stereocenters. The fourth-order valence-electron chi connectivity index (χ4n) is 3.86. The zero-order valence-electron chi connectivity index (χ0n) is 17.2. The third-order valence-corrected chi connectivity index (χ3v) is 8.74. The fourth-order valence-corrected chi connectivity index (χ4v) is 7.91. The first-order valence-electron chi connectivity index (χ1n) is 9.98. The minimum absolute atomic E-state index is 0.0611. The van der Waals surface area contributed by atoms with Gasteiger partial charge in [-0.1, -0.05) is 55.4 Å². The highest BCUT2D eigenvalue weighted by atomic mass is 35.5. The number of fused-ring (bicyclic) bond motifs is 1. The van der Waals surface area contributed by atoms with Crippen LogP contribution in [-0.2, 0) is 14.6 Å². The van der Waals surface area contributed by atoms with E-state index in [9.17, 15) is 13.2 Å². The van der Waals surface area contributed by atoms with Crippen LogP contribution in [0.4, 0.5) is 5.69 Å². The van der Waals surface area contributed by atoms with Gasteiger partial charge in [0.05, 0.1) is 17.5 Å². The maximum Gasteiger partial charge on any atom is 0.285 e. The van der Waals surface area contributed by atoms with Gasteiger partial charge in [0, 0.05) is 16.0 Å². The van der Waals surface area contributed by atoms with Crippen LogP contribution in [0.15, 0.2) is 53.5 Å². The van der Waals surface area contributed by atoms with Crippen LogP contribution in [0.1, 0.15) is 25.3 Å². The summed E-state index contributed by atoms with van der Waals surface area (Å²) in [6, 6.07) is 14.4. The first-order chi connectivity index (χ1) is 14.7. The summed E-state index contributed by atoms with van der Waals surface area (Å²) in [5.74, 6) is 0.501. The number of thioether (sulfide) groups is 1. The van der Waals surface area contributed by atoms with E-state index in [-0.39, 0.29) is 35.3 Å². The molecule has 2 atom stereocenters. The van der Waals surface area contributed by atoms with E-state index in [1.165, 1.54) is 11.8 Å². The van der Waals surface area contributed by atoms with Crippen molar-refractivity contribution < 1.29 is 17.9 Å². The number of hydrogen-bond donors (Lipinski definition) is 0. The van der Waals surface area contributed by atoms with Gasteiger partial charge in [-0.15, -0.1) is 0 Å². The van der Waals surface area contributed by atoms with Crippen LogP contribution in [0.25, 0.3) is 0 Å². The van der Waals surface area contributed by atoms with Crippen molar-refractivity contribution in [3.8, 4) is 5.75 Å². The Bertz CT molecular complexity index is 1120. The van der Waals surface area contributed by atoms with Crippen LogP contribution in [0, 0.1) is 0 Å². The van der Waals surface area contributed by atoms with E-state index in [1.54, 1.807) is 24.3 Å². The summed E-state index contributed by atoms with van der Waals surface area (Å²) in [6.07, 6.45) is 0. The quantitative estimate of drug-likeness (QED) is 0.642. The Hall–Kier alpha value is -2.03. The average Bonchev–Trinajstić information content (AvgIpc) is 3.18. The van der Waals surface area contributed by atoms with E-state index in [2.05, 4.69) is 18.8 Å². The topological polar surface area (TPSA) is 76.0 Å². The van der Waals surface area contributed by atoms with Crippen molar-refractivity contribution in [3.63, 3.8) is 0 Å². The number of para-hydroxylation sites is 1. The molecule has 0 saturated carbocycles. The highest BCUT2D eigenvalue weighted by molar-refractivity contribution is 8.16. The molecule has 6 nitrogen and oxygen atoms in total. The number of carbonyl (C=O) groups is 1. The molecule has 0 spiro atoms. The average molecular weight is 479 g/mol. The SMILES string of the molecule is CC(C)c1ccccc1N1C(=NC(=O)COc2ccc(Cl)cc2)S[C@@H]2CS(=O)(=O)C[C@@H]21. The highest BCUT2D eigenvalue weighted by Gasteiger charge is 2.49. The molecule has 0 radical (unpaired) electrons. The monoisotopic (exact) mass is 478 g/mol. The lowest BCUT2D eigenvalue weighted by Crippen LogP contribution is -2.38. The van der Waals surface area contributed by atoms with Crippen molar-refractivity contribution in [1.29, 1.82) is 0 Å². The molecule has 2 aliphatic rings. The minimum atomic E-state index is -3.12. The molecule has 2 aromatic rings. The van der Waals surface area contributed by atoms with E-state index >= 15 is 0 Å². The standard InChI is InChI=1S/C22H23ClN2O4S2/c1-14(2)17-5-3-4-6-18(17)25-19-12-31(27,28)13-20(19)30-22(25)24-21(26)11-29-16-9-7-15(23)8-10-16/h3-10,14,19-20H,11-13H2,1-2H3/t19-,20+/m0/s1. The summed E-state index contributed by atoms with van der Waals surface area (Å²) in [6.45, 7) is 3.97. The number of carbonyl (C=O) groups excluding carboxylic acids is 1. The van der Waals surface area contributed by atoms with Gasteiger partial charge in [0.25, 0.3) is 5.91 Å². The Labute approximate surface area is 191 Å². The second kappa shape index (κ2) is 8.84. The van der Waals surface area contributed by atoms with Crippen LogP contribution in [0.5, 0.6) is 5.75 Å². The summed E-state index contributed by atoms with van der Waals surface area (Å²) >= 11 is 7.23. The number of benzene rings is 2. The molecule has 0 N–H and O–H groups in total. The molecule has 0 aromatic heterocycles. The molecule has 164 valence electrons. The van der Waals surface area contributed by atoms with Crippen molar-refractivity contribution in [2.45, 2.75) is 31.1 Å². The Morgan fingerprint density at radius 1 is 1.19 bits per heavy atom. The van der Waals surface area contributed by atoms with E-state index in [0.717, 1.165) is 11.3 Å². The number of halogens is 1. The molecule has 2 aromatic carbocycles. The Kier molecular flexibility index (Phi) is 6.32. The summed E-state index contributed by atoms with van der Waals surface area (Å²) in [5.41, 5.74) is 1.99. The number of anilines is 1. The number of amides is 1. The Morgan fingerprint density at radius 3 is 2.61 bits per heavy atom. The van der Waals surface area contributed by atoms with E-state index in [4.69, 9.17) is 16.3 Å². The van der Waals surface area contributed by atoms with E-state index in [1.807, 2.05) is 29.2 Å². The molecule has 1 amide bonds. The summed E-state index contributed by atoms with van der Waals surface area (Å²) < 4.78 is 30.1. The third-order valence-electron chi connectivity index (χ3n) is 5.28. The van der Waals surface area contributed by atoms with Gasteiger partial charge in [-0.05, 0) is 41.8 Å². The van der Waals surface area contributed by atoms with Gasteiger partial charge in [-0.2, -0.15) is 4.99 Å². The van der Waals surface area contributed by atoms with Crippen molar-refractivity contribution in [2.75, 3.05) is 23.0 Å². The molecule has 4 rings (SSSR count). The van der Waals surface area contributed by atoms with Crippen LogP contribution in [0.3, 0.4) is 0 Å². The smallest absolute Gasteiger partial charge is 0.285 e. The lowest BCUT2D eigenvalue weighted by Gasteiger charge is -2.28. The Morgan fingerprint density at radius 2 is 1.90 bits per heavy atom. The van der Waals surface area contributed by atoms with Crippen molar-refractivity contribution >= 4 is 50.0 Å². The number of amidine groups is 1. The van der Waals surface area contributed by atoms with E-state index in [0.29, 0.717) is 15.9 Å². The predicted molar refractivity (Wildman–Crippen MR) is 126 cm³/mol. The van der Waals surface area contributed by atoms with Gasteiger partial charge in [0.2, 0.25) is 0 Å². The normalized spacial score (nSPS) is 23.4. The first kappa shape index (κ1) is 22.2. The van der Waals surface area contributed by atoms with Gasteiger partial charge in [-0.3, -0.25) is 4.79 Å². The van der Waals surface area contributed by atoms with Gasteiger partial charge in [0.15, 0.2) is 21.6 Å². The maximum atomic E-state index is 12.6. The second-order valence-electron chi connectivity index (χ2n) is 7.91. The molecule has 9 heteroatoms. The number of nitrogens with zero attached hydrogens (tertiary/aromatic N) is 2. The summed E-state index contributed by atoms with van der Waals surface area (Å²) in [7, 11) is -3.12. The molecule has 2 heterocycles. The first-order valence-corrected chi connectivity index (χ1v) is 13.1. The summed E-state index contributed by atoms with van der Waals surface area (Å²) in [5, 5.41) is 0.971. The minimum Gasteiger partial charge on any atom is -0.484 e. The fraction of sp³-hybridized carbons (Fsp3) is 0.364. The molecule has 31 heavy (non-hydrogen) atoms. The van der Waals surface area contributed by atoms with Crippen molar-refractivity contribution in [2.24, 2.45) is 4.99 Å². The van der Waals surface area contributed by atoms with Crippen LogP contribution in [0.2, 0.25) is 5.02 Å². The second-order valence-corrected chi connectivity index (χ2v) is 11.7. The summed E-state index contributed by atoms with van der Waals surface area (Å²) in [4.78, 5) is 18.8. The zero-order valence-corrected chi connectivity index (χ0v) is 19.6.